The van der Waals surface area contributed by atoms with Gasteiger partial charge in [0.1, 0.15) is 5.75 Å². The third-order valence-electron chi connectivity index (χ3n) is 2.67. The topological polar surface area (TPSA) is 21.3 Å². The molecule has 0 aromatic heterocycles. The number of hydrogen-bond donors (Lipinski definition) is 1. The van der Waals surface area contributed by atoms with Gasteiger partial charge in [0.15, 0.2) is 0 Å². The van der Waals surface area contributed by atoms with Crippen LogP contribution in [0.5, 0.6) is 5.75 Å². The third-order valence-corrected chi connectivity index (χ3v) is 2.67. The van der Waals surface area contributed by atoms with Crippen molar-refractivity contribution in [3.8, 4) is 5.75 Å². The predicted octanol–water partition coefficient (Wildman–Crippen LogP) is 1.98. The van der Waals surface area contributed by atoms with Gasteiger partial charge in [-0.25, -0.2) is 0 Å². The Labute approximate surface area is 85.3 Å². The highest BCUT2D eigenvalue weighted by molar-refractivity contribution is 5.26. The Morgan fingerprint density at radius 2 is 2.14 bits per heavy atom. The molecular formula is C12H17NO. The van der Waals surface area contributed by atoms with Crippen LogP contribution in [0.1, 0.15) is 12.0 Å². The quantitative estimate of drug-likeness (QED) is 0.789. The second-order valence-corrected chi connectivity index (χ2v) is 3.98. The molecule has 0 radical (unpaired) electrons. The maximum absolute atomic E-state index is 5.70. The third kappa shape index (κ3) is 2.48. The van der Waals surface area contributed by atoms with Crippen molar-refractivity contribution in [1.29, 1.82) is 0 Å². The molecule has 1 atom stereocenters. The Morgan fingerprint density at radius 1 is 1.36 bits per heavy atom. The largest absolute Gasteiger partial charge is 0.493 e. The van der Waals surface area contributed by atoms with Crippen LogP contribution in [0.4, 0.5) is 0 Å². The summed E-state index contributed by atoms with van der Waals surface area (Å²) >= 11 is 0. The van der Waals surface area contributed by atoms with Gasteiger partial charge in [-0.1, -0.05) is 17.7 Å². The van der Waals surface area contributed by atoms with Gasteiger partial charge in [-0.2, -0.15) is 0 Å². The molecule has 2 nitrogen and oxygen atoms in total. The maximum Gasteiger partial charge on any atom is 0.119 e. The van der Waals surface area contributed by atoms with Crippen LogP contribution in [-0.2, 0) is 0 Å². The van der Waals surface area contributed by atoms with Crippen molar-refractivity contribution in [3.63, 3.8) is 0 Å². The molecule has 2 rings (SSSR count). The van der Waals surface area contributed by atoms with Gasteiger partial charge < -0.3 is 10.1 Å². The molecule has 1 aromatic rings. The molecule has 0 amide bonds. The fourth-order valence-corrected chi connectivity index (χ4v) is 1.71. The van der Waals surface area contributed by atoms with E-state index in [4.69, 9.17) is 4.74 Å². The van der Waals surface area contributed by atoms with Gasteiger partial charge in [-0.15, -0.1) is 0 Å². The Kier molecular flexibility index (Phi) is 3.04. The number of ether oxygens (including phenoxy) is 1. The van der Waals surface area contributed by atoms with E-state index in [9.17, 15) is 0 Å². The van der Waals surface area contributed by atoms with Crippen molar-refractivity contribution in [1.82, 2.24) is 5.32 Å². The van der Waals surface area contributed by atoms with Crippen LogP contribution in [0.3, 0.4) is 0 Å². The average molecular weight is 191 g/mol. The van der Waals surface area contributed by atoms with Crippen LogP contribution in [0.2, 0.25) is 0 Å². The molecule has 0 aliphatic carbocycles. The zero-order valence-electron chi connectivity index (χ0n) is 8.62. The van der Waals surface area contributed by atoms with Gasteiger partial charge in [0.25, 0.3) is 0 Å². The lowest BCUT2D eigenvalue weighted by molar-refractivity contribution is 0.260. The summed E-state index contributed by atoms with van der Waals surface area (Å²) in [7, 11) is 0. The Balaban J connectivity index is 1.82. The van der Waals surface area contributed by atoms with Gasteiger partial charge in [0.05, 0.1) is 6.61 Å². The number of benzene rings is 1. The molecule has 1 fully saturated rings. The van der Waals surface area contributed by atoms with Gasteiger partial charge in [-0.05, 0) is 32.0 Å². The molecule has 1 aliphatic heterocycles. The summed E-state index contributed by atoms with van der Waals surface area (Å²) in [5.74, 6) is 1.68. The zero-order valence-corrected chi connectivity index (χ0v) is 8.62. The van der Waals surface area contributed by atoms with Gasteiger partial charge in [-0.3, -0.25) is 0 Å². The van der Waals surface area contributed by atoms with E-state index in [1.165, 1.54) is 12.0 Å². The molecule has 1 N–H and O–H groups in total. The Hall–Kier alpha value is -1.02. The van der Waals surface area contributed by atoms with E-state index < -0.39 is 0 Å². The van der Waals surface area contributed by atoms with Crippen LogP contribution >= 0.6 is 0 Å². The SMILES string of the molecule is Cc1ccc(OCC2CCNC2)cc1. The monoisotopic (exact) mass is 191 g/mol. The van der Waals surface area contributed by atoms with Crippen molar-refractivity contribution >= 4 is 0 Å². The minimum Gasteiger partial charge on any atom is -0.493 e. The van der Waals surface area contributed by atoms with Gasteiger partial charge in [0, 0.05) is 12.5 Å². The molecule has 76 valence electrons. The molecule has 0 spiro atoms. The number of rotatable bonds is 3. The van der Waals surface area contributed by atoms with E-state index in [-0.39, 0.29) is 0 Å². The molecule has 1 unspecified atom stereocenters. The van der Waals surface area contributed by atoms with Gasteiger partial charge in [0.2, 0.25) is 0 Å². The van der Waals surface area contributed by atoms with Crippen molar-refractivity contribution in [2.45, 2.75) is 13.3 Å². The maximum atomic E-state index is 5.70. The first-order chi connectivity index (χ1) is 6.84. The summed E-state index contributed by atoms with van der Waals surface area (Å²) in [6, 6.07) is 8.25. The molecule has 1 aromatic carbocycles. The standard InChI is InChI=1S/C12H17NO/c1-10-2-4-12(5-3-10)14-9-11-6-7-13-8-11/h2-5,11,13H,6-9H2,1H3. The van der Waals surface area contributed by atoms with Crippen molar-refractivity contribution in [2.24, 2.45) is 5.92 Å². The fraction of sp³-hybridized carbons (Fsp3) is 0.500. The number of aryl methyl sites for hydroxylation is 1. The first kappa shape index (κ1) is 9.53. The normalized spacial score (nSPS) is 21.1. The lowest BCUT2D eigenvalue weighted by Gasteiger charge is -2.10. The van der Waals surface area contributed by atoms with Crippen LogP contribution in [-0.4, -0.2) is 19.7 Å². The van der Waals surface area contributed by atoms with Crippen molar-refractivity contribution in [2.75, 3.05) is 19.7 Å². The zero-order chi connectivity index (χ0) is 9.80. The van der Waals surface area contributed by atoms with Crippen molar-refractivity contribution in [3.05, 3.63) is 29.8 Å². The van der Waals surface area contributed by atoms with E-state index in [2.05, 4.69) is 24.4 Å². The number of hydrogen-bond acceptors (Lipinski definition) is 2. The molecule has 0 saturated carbocycles. The van der Waals surface area contributed by atoms with Crippen LogP contribution in [0.25, 0.3) is 0 Å². The summed E-state index contributed by atoms with van der Waals surface area (Å²) < 4.78 is 5.70. The molecule has 1 aliphatic rings. The van der Waals surface area contributed by atoms with E-state index in [1.807, 2.05) is 12.1 Å². The minimum atomic E-state index is 0.691. The molecule has 1 heterocycles. The van der Waals surface area contributed by atoms with Crippen LogP contribution in [0, 0.1) is 12.8 Å². The van der Waals surface area contributed by atoms with Gasteiger partial charge >= 0.3 is 0 Å². The van der Waals surface area contributed by atoms with Crippen LogP contribution in [0.15, 0.2) is 24.3 Å². The lowest BCUT2D eigenvalue weighted by atomic mass is 10.1. The fourth-order valence-electron chi connectivity index (χ4n) is 1.71. The second kappa shape index (κ2) is 4.47. The van der Waals surface area contributed by atoms with E-state index in [0.717, 1.165) is 25.4 Å². The highest BCUT2D eigenvalue weighted by atomic mass is 16.5. The minimum absolute atomic E-state index is 0.691. The Morgan fingerprint density at radius 3 is 2.79 bits per heavy atom. The molecular weight excluding hydrogens is 174 g/mol. The predicted molar refractivity (Wildman–Crippen MR) is 57.7 cm³/mol. The van der Waals surface area contributed by atoms with Crippen LogP contribution < -0.4 is 10.1 Å². The lowest BCUT2D eigenvalue weighted by Crippen LogP contribution is -2.15. The summed E-state index contributed by atoms with van der Waals surface area (Å²) in [4.78, 5) is 0. The smallest absolute Gasteiger partial charge is 0.119 e. The van der Waals surface area contributed by atoms with E-state index in [1.54, 1.807) is 0 Å². The highest BCUT2D eigenvalue weighted by Gasteiger charge is 2.14. The summed E-state index contributed by atoms with van der Waals surface area (Å²) in [5, 5.41) is 3.34. The molecule has 0 bridgehead atoms. The summed E-state index contributed by atoms with van der Waals surface area (Å²) in [6.07, 6.45) is 1.24. The van der Waals surface area contributed by atoms with E-state index >= 15 is 0 Å². The molecule has 2 heteroatoms. The van der Waals surface area contributed by atoms with Crippen molar-refractivity contribution < 1.29 is 4.74 Å². The summed E-state index contributed by atoms with van der Waals surface area (Å²) in [5.41, 5.74) is 1.28. The molecule has 1 saturated heterocycles. The molecule has 14 heavy (non-hydrogen) atoms. The Bertz CT molecular complexity index is 275. The summed E-state index contributed by atoms with van der Waals surface area (Å²) in [6.45, 7) is 5.18. The van der Waals surface area contributed by atoms with E-state index in [0.29, 0.717) is 5.92 Å². The first-order valence-corrected chi connectivity index (χ1v) is 5.25. The first-order valence-electron chi connectivity index (χ1n) is 5.25. The number of nitrogens with one attached hydrogen (secondary N) is 1. The highest BCUT2D eigenvalue weighted by Crippen LogP contribution is 2.14. The second-order valence-electron chi connectivity index (χ2n) is 3.98. The average Bonchev–Trinajstić information content (AvgIpc) is 2.70.